The van der Waals surface area contributed by atoms with Crippen molar-refractivity contribution in [3.63, 3.8) is 0 Å². The minimum atomic E-state index is -0.421. The molecule has 1 unspecified atom stereocenters. The lowest BCUT2D eigenvalue weighted by molar-refractivity contribution is 0.00309. The van der Waals surface area contributed by atoms with Crippen LogP contribution in [0, 0.1) is 0 Å². The fourth-order valence-corrected chi connectivity index (χ4v) is 1.37. The largest absolute Gasteiger partial charge is 0.445 e. The Morgan fingerprint density at radius 2 is 2.00 bits per heavy atom. The van der Waals surface area contributed by atoms with Crippen molar-refractivity contribution in [2.75, 3.05) is 13.7 Å². The van der Waals surface area contributed by atoms with Crippen molar-refractivity contribution in [3.8, 4) is 0 Å². The Labute approximate surface area is 108 Å². The Hall–Kier alpha value is -1.55. The number of hydrogen-bond acceptors (Lipinski definition) is 3. The van der Waals surface area contributed by atoms with Gasteiger partial charge >= 0.3 is 6.09 Å². The normalized spacial score (nSPS) is 13.7. The average Bonchev–Trinajstić information content (AvgIpc) is 2.43. The van der Waals surface area contributed by atoms with Crippen LogP contribution >= 0.6 is 0 Å². The van der Waals surface area contributed by atoms with E-state index in [0.29, 0.717) is 6.54 Å². The predicted octanol–water partition coefficient (Wildman–Crippen LogP) is 2.73. The number of alkyl carbamates (subject to hydrolysis) is 1. The molecule has 0 aliphatic heterocycles. The molecule has 4 nitrogen and oxygen atoms in total. The lowest BCUT2D eigenvalue weighted by Gasteiger charge is -2.26. The highest BCUT2D eigenvalue weighted by atomic mass is 16.5. The SMILES string of the molecule is CCC(C)(CNC(=O)OCc1ccccc1)OC. The van der Waals surface area contributed by atoms with Crippen LogP contribution in [0.2, 0.25) is 0 Å². The molecule has 0 bridgehead atoms. The first-order chi connectivity index (χ1) is 8.59. The molecule has 1 aromatic rings. The number of methoxy groups -OCH3 is 1. The van der Waals surface area contributed by atoms with Crippen molar-refractivity contribution in [1.29, 1.82) is 0 Å². The second kappa shape index (κ2) is 7.01. The summed E-state index contributed by atoms with van der Waals surface area (Å²) in [6.45, 7) is 4.68. The van der Waals surface area contributed by atoms with Gasteiger partial charge in [0.1, 0.15) is 6.61 Å². The van der Waals surface area contributed by atoms with Gasteiger partial charge in [-0.25, -0.2) is 4.79 Å². The molecule has 1 N–H and O–H groups in total. The van der Waals surface area contributed by atoms with Gasteiger partial charge in [-0.05, 0) is 18.9 Å². The molecule has 1 rings (SSSR count). The Morgan fingerprint density at radius 3 is 2.56 bits per heavy atom. The minimum Gasteiger partial charge on any atom is -0.445 e. The molecule has 0 fully saturated rings. The van der Waals surface area contributed by atoms with Crippen LogP contribution in [0.1, 0.15) is 25.8 Å². The molecule has 0 aromatic heterocycles. The summed E-state index contributed by atoms with van der Waals surface area (Å²) in [6, 6.07) is 9.58. The van der Waals surface area contributed by atoms with E-state index in [-0.39, 0.29) is 12.2 Å². The fraction of sp³-hybridized carbons (Fsp3) is 0.500. The van der Waals surface area contributed by atoms with Crippen LogP contribution in [-0.2, 0) is 16.1 Å². The van der Waals surface area contributed by atoms with Gasteiger partial charge in [-0.15, -0.1) is 0 Å². The van der Waals surface area contributed by atoms with Crippen LogP contribution in [0.25, 0.3) is 0 Å². The van der Waals surface area contributed by atoms with Gasteiger partial charge in [0, 0.05) is 13.7 Å². The van der Waals surface area contributed by atoms with Crippen LogP contribution in [0.3, 0.4) is 0 Å². The summed E-state index contributed by atoms with van der Waals surface area (Å²) in [6.07, 6.45) is 0.401. The topological polar surface area (TPSA) is 47.6 Å². The number of amides is 1. The minimum absolute atomic E-state index is 0.280. The van der Waals surface area contributed by atoms with Crippen molar-refractivity contribution in [2.24, 2.45) is 0 Å². The van der Waals surface area contributed by atoms with Gasteiger partial charge < -0.3 is 14.8 Å². The summed E-state index contributed by atoms with van der Waals surface area (Å²) in [5.41, 5.74) is 0.629. The third-order valence-corrected chi connectivity index (χ3v) is 3.06. The summed E-state index contributed by atoms with van der Waals surface area (Å²) in [5.74, 6) is 0. The Kier molecular flexibility index (Phi) is 5.65. The first kappa shape index (κ1) is 14.5. The van der Waals surface area contributed by atoms with Crippen LogP contribution in [0.15, 0.2) is 30.3 Å². The van der Waals surface area contributed by atoms with Crippen LogP contribution in [0.5, 0.6) is 0 Å². The molecule has 0 saturated heterocycles. The van der Waals surface area contributed by atoms with E-state index in [9.17, 15) is 4.79 Å². The zero-order chi connectivity index (χ0) is 13.4. The molecular formula is C14H21NO3. The molecule has 0 aliphatic carbocycles. The second-order valence-corrected chi connectivity index (χ2v) is 4.42. The average molecular weight is 251 g/mol. The fourth-order valence-electron chi connectivity index (χ4n) is 1.37. The van der Waals surface area contributed by atoms with Gasteiger partial charge in [-0.2, -0.15) is 0 Å². The molecule has 1 aromatic carbocycles. The number of benzene rings is 1. The standard InChI is InChI=1S/C14H21NO3/c1-4-14(2,17-3)11-15-13(16)18-10-12-8-6-5-7-9-12/h5-9H,4,10-11H2,1-3H3,(H,15,16). The van der Waals surface area contributed by atoms with E-state index in [1.807, 2.05) is 44.2 Å². The number of rotatable bonds is 6. The highest BCUT2D eigenvalue weighted by Crippen LogP contribution is 2.12. The molecular weight excluding hydrogens is 230 g/mol. The lowest BCUT2D eigenvalue weighted by atomic mass is 10.0. The first-order valence-corrected chi connectivity index (χ1v) is 6.09. The van der Waals surface area contributed by atoms with E-state index in [1.165, 1.54) is 0 Å². The molecule has 0 aliphatic rings. The van der Waals surface area contributed by atoms with E-state index in [2.05, 4.69) is 5.32 Å². The van der Waals surface area contributed by atoms with E-state index in [0.717, 1.165) is 12.0 Å². The number of carbonyl (C=O) groups is 1. The number of nitrogens with one attached hydrogen (secondary N) is 1. The van der Waals surface area contributed by atoms with Crippen molar-refractivity contribution in [2.45, 2.75) is 32.5 Å². The van der Waals surface area contributed by atoms with E-state index < -0.39 is 6.09 Å². The van der Waals surface area contributed by atoms with Crippen LogP contribution < -0.4 is 5.32 Å². The first-order valence-electron chi connectivity index (χ1n) is 6.09. The summed E-state index contributed by atoms with van der Waals surface area (Å²) < 4.78 is 10.4. The van der Waals surface area contributed by atoms with Gasteiger partial charge in [0.05, 0.1) is 5.60 Å². The van der Waals surface area contributed by atoms with E-state index >= 15 is 0 Å². The molecule has 100 valence electrons. The van der Waals surface area contributed by atoms with Crippen LogP contribution in [0.4, 0.5) is 4.79 Å². The monoisotopic (exact) mass is 251 g/mol. The summed E-state index contributed by atoms with van der Waals surface area (Å²) in [5, 5.41) is 2.71. The maximum atomic E-state index is 11.5. The Morgan fingerprint density at radius 1 is 1.33 bits per heavy atom. The molecule has 18 heavy (non-hydrogen) atoms. The van der Waals surface area contributed by atoms with Crippen molar-refractivity contribution >= 4 is 6.09 Å². The van der Waals surface area contributed by atoms with Crippen molar-refractivity contribution in [1.82, 2.24) is 5.32 Å². The second-order valence-electron chi connectivity index (χ2n) is 4.42. The predicted molar refractivity (Wildman–Crippen MR) is 70.3 cm³/mol. The van der Waals surface area contributed by atoms with Gasteiger partial charge in [0.25, 0.3) is 0 Å². The van der Waals surface area contributed by atoms with E-state index in [1.54, 1.807) is 7.11 Å². The molecule has 0 heterocycles. The maximum Gasteiger partial charge on any atom is 0.407 e. The molecule has 1 amide bonds. The van der Waals surface area contributed by atoms with Gasteiger partial charge in [0.15, 0.2) is 0 Å². The smallest absolute Gasteiger partial charge is 0.407 e. The Bertz CT molecular complexity index is 361. The number of carbonyl (C=O) groups excluding carboxylic acids is 1. The maximum absolute atomic E-state index is 11.5. The zero-order valence-corrected chi connectivity index (χ0v) is 11.2. The number of ether oxygens (including phenoxy) is 2. The highest BCUT2D eigenvalue weighted by molar-refractivity contribution is 5.67. The number of hydrogen-bond donors (Lipinski definition) is 1. The quantitative estimate of drug-likeness (QED) is 0.845. The summed E-state index contributed by atoms with van der Waals surface area (Å²) >= 11 is 0. The third kappa shape index (κ3) is 4.75. The molecule has 0 saturated carbocycles. The highest BCUT2D eigenvalue weighted by Gasteiger charge is 2.21. The van der Waals surface area contributed by atoms with E-state index in [4.69, 9.17) is 9.47 Å². The third-order valence-electron chi connectivity index (χ3n) is 3.06. The lowest BCUT2D eigenvalue weighted by Crippen LogP contribution is -2.41. The molecule has 1 atom stereocenters. The van der Waals surface area contributed by atoms with Crippen molar-refractivity contribution < 1.29 is 14.3 Å². The van der Waals surface area contributed by atoms with Crippen molar-refractivity contribution in [3.05, 3.63) is 35.9 Å². The molecule has 0 radical (unpaired) electrons. The molecule has 4 heteroatoms. The van der Waals surface area contributed by atoms with Gasteiger partial charge in [-0.3, -0.25) is 0 Å². The summed E-state index contributed by atoms with van der Waals surface area (Å²) in [7, 11) is 1.64. The van der Waals surface area contributed by atoms with Gasteiger partial charge in [0.2, 0.25) is 0 Å². The Balaban J connectivity index is 2.30. The molecule has 0 spiro atoms. The zero-order valence-electron chi connectivity index (χ0n) is 11.2. The van der Waals surface area contributed by atoms with Crippen LogP contribution in [-0.4, -0.2) is 25.3 Å². The van der Waals surface area contributed by atoms with Gasteiger partial charge in [-0.1, -0.05) is 37.3 Å². The summed E-state index contributed by atoms with van der Waals surface area (Å²) in [4.78, 5) is 11.5.